The van der Waals surface area contributed by atoms with E-state index in [2.05, 4.69) is 59.2 Å². The molecule has 1 aliphatic rings. The second-order valence-electron chi connectivity index (χ2n) is 5.88. The minimum absolute atomic E-state index is 0.132. The molecule has 2 aromatic carbocycles. The summed E-state index contributed by atoms with van der Waals surface area (Å²) < 4.78 is 8.15. The number of allylic oxidation sites excluding steroid dienone is 1. The first-order valence-electron chi connectivity index (χ1n) is 8.20. The van der Waals surface area contributed by atoms with Gasteiger partial charge in [-0.1, -0.05) is 54.6 Å². The van der Waals surface area contributed by atoms with Crippen molar-refractivity contribution in [1.29, 1.82) is 0 Å². The van der Waals surface area contributed by atoms with Crippen LogP contribution in [0.1, 0.15) is 30.3 Å². The lowest BCUT2D eigenvalue weighted by Crippen LogP contribution is -2.07. The predicted octanol–water partition coefficient (Wildman–Crippen LogP) is 4.60. The summed E-state index contributed by atoms with van der Waals surface area (Å²) in [6.07, 6.45) is 6.67. The van der Waals surface area contributed by atoms with Crippen LogP contribution in [0.15, 0.2) is 60.7 Å². The Morgan fingerprint density at radius 3 is 2.74 bits per heavy atom. The molecule has 3 heteroatoms. The number of aromatic nitrogens is 2. The summed E-state index contributed by atoms with van der Waals surface area (Å²) >= 11 is 0. The summed E-state index contributed by atoms with van der Waals surface area (Å²) in [5, 5.41) is 0. The molecule has 0 bridgehead atoms. The van der Waals surface area contributed by atoms with E-state index < -0.39 is 0 Å². The van der Waals surface area contributed by atoms with E-state index in [9.17, 15) is 0 Å². The Balaban J connectivity index is 1.67. The third-order valence-corrected chi connectivity index (χ3v) is 4.30. The van der Waals surface area contributed by atoms with Gasteiger partial charge in [0.1, 0.15) is 11.9 Å². The van der Waals surface area contributed by atoms with Crippen LogP contribution in [-0.2, 0) is 11.3 Å². The van der Waals surface area contributed by atoms with E-state index in [1.165, 1.54) is 11.1 Å². The maximum atomic E-state index is 5.87. The second-order valence-corrected chi connectivity index (χ2v) is 5.88. The van der Waals surface area contributed by atoms with Crippen LogP contribution < -0.4 is 0 Å². The molecule has 1 aromatic heterocycles. The van der Waals surface area contributed by atoms with Gasteiger partial charge in [-0.3, -0.25) is 0 Å². The van der Waals surface area contributed by atoms with Crippen LogP contribution in [0.2, 0.25) is 0 Å². The number of hydrogen-bond donors (Lipinski definition) is 0. The molecule has 0 N–H and O–H groups in total. The molecule has 0 radical (unpaired) electrons. The molecule has 0 aliphatic carbocycles. The van der Waals surface area contributed by atoms with Gasteiger partial charge < -0.3 is 9.30 Å². The molecule has 0 saturated carbocycles. The molecule has 2 heterocycles. The average Bonchev–Trinajstić information content (AvgIpc) is 3.24. The molecule has 4 rings (SSSR count). The van der Waals surface area contributed by atoms with Crippen LogP contribution in [0.25, 0.3) is 17.1 Å². The van der Waals surface area contributed by atoms with Gasteiger partial charge >= 0.3 is 0 Å². The highest BCUT2D eigenvalue weighted by molar-refractivity contribution is 5.76. The molecule has 3 nitrogen and oxygen atoms in total. The molecular weight excluding hydrogens is 284 g/mol. The maximum absolute atomic E-state index is 5.87. The molecule has 1 atom stereocenters. The van der Waals surface area contributed by atoms with Crippen LogP contribution in [-0.4, -0.2) is 16.2 Å². The molecule has 116 valence electrons. The van der Waals surface area contributed by atoms with Crippen molar-refractivity contribution in [3.8, 4) is 0 Å². The number of fused-ring (bicyclic) bond motifs is 1. The quantitative estimate of drug-likeness (QED) is 0.704. The highest BCUT2D eigenvalue weighted by Gasteiger charge is 2.23. The summed E-state index contributed by atoms with van der Waals surface area (Å²) in [7, 11) is 0. The van der Waals surface area contributed by atoms with Gasteiger partial charge in [0.2, 0.25) is 0 Å². The van der Waals surface area contributed by atoms with E-state index in [1.54, 1.807) is 0 Å². The van der Waals surface area contributed by atoms with Crippen molar-refractivity contribution in [1.82, 2.24) is 9.55 Å². The second kappa shape index (κ2) is 6.39. The lowest BCUT2D eigenvalue weighted by molar-refractivity contribution is 0.103. The monoisotopic (exact) mass is 304 g/mol. The highest BCUT2D eigenvalue weighted by Crippen LogP contribution is 2.30. The molecular formula is C20H20N2O. The van der Waals surface area contributed by atoms with E-state index in [0.29, 0.717) is 0 Å². The molecule has 3 aromatic rings. The lowest BCUT2D eigenvalue weighted by Gasteiger charge is -2.11. The summed E-state index contributed by atoms with van der Waals surface area (Å²) in [5.74, 6) is 1.06. The number of benzene rings is 2. The largest absolute Gasteiger partial charge is 0.370 e. The standard InChI is InChI=1S/C20H20N2O/c1-2-8-16(9-3-1)10-6-14-22-18-12-5-4-11-17(18)21-20(22)19-13-7-15-23-19/h1-6,8-12,19H,7,13-15H2/b10-6+/t19-/m1/s1. The van der Waals surface area contributed by atoms with Crippen molar-refractivity contribution < 1.29 is 4.74 Å². The fraction of sp³-hybridized carbons (Fsp3) is 0.250. The van der Waals surface area contributed by atoms with E-state index in [4.69, 9.17) is 9.72 Å². The molecule has 0 spiro atoms. The number of hydrogen-bond acceptors (Lipinski definition) is 2. The summed E-state index contributed by atoms with van der Waals surface area (Å²) in [6.45, 7) is 1.65. The predicted molar refractivity (Wildman–Crippen MR) is 93.1 cm³/mol. The van der Waals surface area contributed by atoms with Gasteiger partial charge in [0.25, 0.3) is 0 Å². The van der Waals surface area contributed by atoms with E-state index >= 15 is 0 Å². The van der Waals surface area contributed by atoms with Gasteiger partial charge in [-0.25, -0.2) is 4.98 Å². The Kier molecular flexibility index (Phi) is 3.95. The van der Waals surface area contributed by atoms with Crippen LogP contribution >= 0.6 is 0 Å². The summed E-state index contributed by atoms with van der Waals surface area (Å²) in [4.78, 5) is 4.82. The normalized spacial score (nSPS) is 18.2. The van der Waals surface area contributed by atoms with Gasteiger partial charge in [-0.15, -0.1) is 0 Å². The Morgan fingerprint density at radius 1 is 1.09 bits per heavy atom. The maximum Gasteiger partial charge on any atom is 0.139 e. The van der Waals surface area contributed by atoms with Gasteiger partial charge in [0, 0.05) is 13.2 Å². The van der Waals surface area contributed by atoms with Crippen molar-refractivity contribution in [3.63, 3.8) is 0 Å². The van der Waals surface area contributed by atoms with E-state index in [-0.39, 0.29) is 6.10 Å². The summed E-state index contributed by atoms with van der Waals surface area (Å²) in [5.41, 5.74) is 3.44. The minimum atomic E-state index is 0.132. The van der Waals surface area contributed by atoms with Crippen molar-refractivity contribution >= 4 is 17.1 Å². The number of imidazole rings is 1. The number of para-hydroxylation sites is 2. The zero-order chi connectivity index (χ0) is 15.5. The Bertz CT molecular complexity index is 814. The van der Waals surface area contributed by atoms with Crippen molar-refractivity contribution in [2.24, 2.45) is 0 Å². The molecule has 23 heavy (non-hydrogen) atoms. The van der Waals surface area contributed by atoms with E-state index in [0.717, 1.165) is 37.3 Å². The van der Waals surface area contributed by atoms with Gasteiger partial charge in [-0.2, -0.15) is 0 Å². The zero-order valence-electron chi connectivity index (χ0n) is 13.1. The number of ether oxygens (including phenoxy) is 1. The Labute approximate surface area is 136 Å². The number of rotatable bonds is 4. The first-order valence-corrected chi connectivity index (χ1v) is 8.20. The first kappa shape index (κ1) is 14.2. The molecule has 0 amide bonds. The van der Waals surface area contributed by atoms with Crippen molar-refractivity contribution in [2.45, 2.75) is 25.5 Å². The molecule has 1 saturated heterocycles. The van der Waals surface area contributed by atoms with Crippen LogP contribution in [0, 0.1) is 0 Å². The third kappa shape index (κ3) is 2.92. The average molecular weight is 304 g/mol. The SMILES string of the molecule is C(=C\c1ccccc1)/Cn1c([C@H]2CCCO2)nc2ccccc21. The van der Waals surface area contributed by atoms with Crippen LogP contribution in [0.3, 0.4) is 0 Å². The van der Waals surface area contributed by atoms with E-state index in [1.807, 2.05) is 12.1 Å². The molecule has 0 unspecified atom stereocenters. The smallest absolute Gasteiger partial charge is 0.139 e. The topological polar surface area (TPSA) is 27.1 Å². The lowest BCUT2D eigenvalue weighted by atomic mass is 10.2. The van der Waals surface area contributed by atoms with Crippen LogP contribution in [0.4, 0.5) is 0 Å². The van der Waals surface area contributed by atoms with Crippen LogP contribution in [0.5, 0.6) is 0 Å². The van der Waals surface area contributed by atoms with Gasteiger partial charge in [0.15, 0.2) is 0 Å². The first-order chi connectivity index (χ1) is 11.4. The Hall–Kier alpha value is -2.39. The highest BCUT2D eigenvalue weighted by atomic mass is 16.5. The van der Waals surface area contributed by atoms with Crippen molar-refractivity contribution in [2.75, 3.05) is 6.61 Å². The molecule has 1 aliphatic heterocycles. The Morgan fingerprint density at radius 2 is 1.91 bits per heavy atom. The van der Waals surface area contributed by atoms with Crippen molar-refractivity contribution in [3.05, 3.63) is 72.1 Å². The minimum Gasteiger partial charge on any atom is -0.370 e. The summed E-state index contributed by atoms with van der Waals surface area (Å²) in [6, 6.07) is 18.7. The van der Waals surface area contributed by atoms with Gasteiger partial charge in [0.05, 0.1) is 11.0 Å². The zero-order valence-corrected chi connectivity index (χ0v) is 13.1. The third-order valence-electron chi connectivity index (χ3n) is 4.30. The number of nitrogens with zero attached hydrogens (tertiary/aromatic N) is 2. The fourth-order valence-corrected chi connectivity index (χ4v) is 3.17. The van der Waals surface area contributed by atoms with Gasteiger partial charge in [-0.05, 0) is 30.5 Å². The fourth-order valence-electron chi connectivity index (χ4n) is 3.17. The molecule has 1 fully saturated rings.